The first kappa shape index (κ1) is 13.4. The molecular formula is C12H19N3O2. The van der Waals surface area contributed by atoms with Crippen LogP contribution >= 0.6 is 0 Å². The highest BCUT2D eigenvalue weighted by Crippen LogP contribution is 2.09. The number of ether oxygens (including phenoxy) is 1. The zero-order valence-electron chi connectivity index (χ0n) is 10.5. The predicted molar refractivity (Wildman–Crippen MR) is 67.2 cm³/mol. The molecule has 0 aliphatic heterocycles. The normalized spacial score (nSPS) is 10.4. The molecule has 17 heavy (non-hydrogen) atoms. The Balaban J connectivity index is 2.60. The number of pyridine rings is 1. The fourth-order valence-corrected chi connectivity index (χ4v) is 1.35. The Labute approximate surface area is 102 Å². The minimum absolute atomic E-state index is 0.137. The lowest BCUT2D eigenvalue weighted by atomic mass is 10.2. The van der Waals surface area contributed by atoms with Crippen molar-refractivity contribution in [3.63, 3.8) is 0 Å². The van der Waals surface area contributed by atoms with Gasteiger partial charge in [-0.1, -0.05) is 0 Å². The van der Waals surface area contributed by atoms with E-state index in [9.17, 15) is 4.79 Å². The van der Waals surface area contributed by atoms with Crippen LogP contribution in [0.1, 0.15) is 24.2 Å². The van der Waals surface area contributed by atoms with E-state index in [2.05, 4.69) is 15.6 Å². The number of carbonyl (C=O) groups is 1. The quantitative estimate of drug-likeness (QED) is 0.732. The van der Waals surface area contributed by atoms with Crippen molar-refractivity contribution in [2.24, 2.45) is 0 Å². The third-order valence-electron chi connectivity index (χ3n) is 2.05. The van der Waals surface area contributed by atoms with Gasteiger partial charge in [-0.2, -0.15) is 0 Å². The molecular weight excluding hydrogens is 218 g/mol. The van der Waals surface area contributed by atoms with E-state index in [1.165, 1.54) is 0 Å². The summed E-state index contributed by atoms with van der Waals surface area (Å²) in [6.07, 6.45) is 3.25. The third kappa shape index (κ3) is 4.82. The number of hydrogen-bond donors (Lipinski definition) is 2. The molecule has 0 unspecified atom stereocenters. The molecule has 1 heterocycles. The molecule has 0 saturated carbocycles. The number of carbonyl (C=O) groups excluding carboxylic acids is 1. The number of amides is 1. The molecule has 0 spiro atoms. The lowest BCUT2D eigenvalue weighted by Gasteiger charge is -2.10. The van der Waals surface area contributed by atoms with Crippen LogP contribution in [0.2, 0.25) is 0 Å². The van der Waals surface area contributed by atoms with Crippen molar-refractivity contribution >= 4 is 11.6 Å². The fourth-order valence-electron chi connectivity index (χ4n) is 1.35. The van der Waals surface area contributed by atoms with Crippen LogP contribution in [0.15, 0.2) is 18.5 Å². The lowest BCUT2D eigenvalue weighted by molar-refractivity contribution is 0.0937. The monoisotopic (exact) mass is 237 g/mol. The largest absolute Gasteiger partial charge is 0.383 e. The third-order valence-corrected chi connectivity index (χ3v) is 2.05. The minimum Gasteiger partial charge on any atom is -0.383 e. The van der Waals surface area contributed by atoms with Crippen LogP contribution in [-0.2, 0) is 4.74 Å². The lowest BCUT2D eigenvalue weighted by Crippen LogP contribution is -2.27. The Hall–Kier alpha value is -1.62. The summed E-state index contributed by atoms with van der Waals surface area (Å²) in [5, 5.41) is 5.95. The van der Waals surface area contributed by atoms with Gasteiger partial charge in [0.1, 0.15) is 0 Å². The smallest absolute Gasteiger partial charge is 0.253 e. The van der Waals surface area contributed by atoms with Crippen LogP contribution < -0.4 is 10.6 Å². The number of methoxy groups -OCH3 is 1. The molecule has 0 bridgehead atoms. The van der Waals surface area contributed by atoms with Gasteiger partial charge in [0.25, 0.3) is 5.91 Å². The zero-order chi connectivity index (χ0) is 12.7. The highest BCUT2D eigenvalue weighted by molar-refractivity contribution is 5.94. The van der Waals surface area contributed by atoms with Gasteiger partial charge in [-0.15, -0.1) is 0 Å². The maximum atomic E-state index is 11.7. The average molecular weight is 237 g/mol. The van der Waals surface area contributed by atoms with Gasteiger partial charge in [-0.05, 0) is 19.9 Å². The van der Waals surface area contributed by atoms with E-state index in [1.807, 2.05) is 13.8 Å². The predicted octanol–water partition coefficient (Wildman–Crippen LogP) is 1.28. The Bertz CT molecular complexity index is 367. The Morgan fingerprint density at radius 2 is 2.24 bits per heavy atom. The Morgan fingerprint density at radius 1 is 1.47 bits per heavy atom. The molecule has 2 N–H and O–H groups in total. The number of anilines is 1. The number of rotatable bonds is 6. The van der Waals surface area contributed by atoms with E-state index >= 15 is 0 Å². The summed E-state index contributed by atoms with van der Waals surface area (Å²) in [6, 6.07) is 2.10. The molecule has 0 saturated heterocycles. The van der Waals surface area contributed by atoms with Crippen molar-refractivity contribution in [3.8, 4) is 0 Å². The summed E-state index contributed by atoms with van der Waals surface area (Å²) in [6.45, 7) is 5.07. The Morgan fingerprint density at radius 3 is 2.88 bits per heavy atom. The fraction of sp³-hybridized carbons (Fsp3) is 0.500. The van der Waals surface area contributed by atoms with Crippen molar-refractivity contribution in [3.05, 3.63) is 24.0 Å². The second-order valence-corrected chi connectivity index (χ2v) is 4.01. The topological polar surface area (TPSA) is 63.2 Å². The average Bonchev–Trinajstić information content (AvgIpc) is 2.28. The van der Waals surface area contributed by atoms with Gasteiger partial charge in [-0.3, -0.25) is 9.78 Å². The van der Waals surface area contributed by atoms with Gasteiger partial charge in [0.05, 0.1) is 17.9 Å². The molecule has 0 aromatic carbocycles. The van der Waals surface area contributed by atoms with Crippen LogP contribution in [-0.4, -0.2) is 37.2 Å². The molecule has 5 heteroatoms. The molecule has 1 rings (SSSR count). The van der Waals surface area contributed by atoms with E-state index in [0.29, 0.717) is 24.8 Å². The van der Waals surface area contributed by atoms with Crippen LogP contribution in [0.5, 0.6) is 0 Å². The first-order chi connectivity index (χ1) is 8.13. The maximum absolute atomic E-state index is 11.7. The summed E-state index contributed by atoms with van der Waals surface area (Å²) in [5.74, 6) is -0.137. The number of aromatic nitrogens is 1. The van der Waals surface area contributed by atoms with E-state index in [4.69, 9.17) is 4.74 Å². The highest BCUT2D eigenvalue weighted by Gasteiger charge is 2.06. The van der Waals surface area contributed by atoms with Gasteiger partial charge in [0, 0.05) is 32.1 Å². The summed E-state index contributed by atoms with van der Waals surface area (Å²) in [4.78, 5) is 15.8. The van der Waals surface area contributed by atoms with Crippen molar-refractivity contribution in [2.75, 3.05) is 25.6 Å². The van der Waals surface area contributed by atoms with Crippen LogP contribution in [0.25, 0.3) is 0 Å². The van der Waals surface area contributed by atoms with Gasteiger partial charge in [-0.25, -0.2) is 0 Å². The molecule has 1 aromatic heterocycles. The molecule has 0 atom stereocenters. The van der Waals surface area contributed by atoms with E-state index in [1.54, 1.807) is 25.6 Å². The first-order valence-corrected chi connectivity index (χ1v) is 5.62. The highest BCUT2D eigenvalue weighted by atomic mass is 16.5. The van der Waals surface area contributed by atoms with E-state index in [-0.39, 0.29) is 5.91 Å². The summed E-state index contributed by atoms with van der Waals surface area (Å²) >= 11 is 0. The van der Waals surface area contributed by atoms with E-state index in [0.717, 1.165) is 5.69 Å². The molecule has 5 nitrogen and oxygen atoms in total. The second-order valence-electron chi connectivity index (χ2n) is 4.01. The van der Waals surface area contributed by atoms with Crippen molar-refractivity contribution < 1.29 is 9.53 Å². The first-order valence-electron chi connectivity index (χ1n) is 5.62. The molecule has 1 amide bonds. The van der Waals surface area contributed by atoms with Crippen LogP contribution in [0.4, 0.5) is 5.69 Å². The standard InChI is InChI=1S/C12H19N3O2/c1-9(2)15-11-6-10(7-13-8-11)12(16)14-4-5-17-3/h6-9,15H,4-5H2,1-3H3,(H,14,16). The molecule has 0 aliphatic carbocycles. The number of nitrogens with one attached hydrogen (secondary N) is 2. The maximum Gasteiger partial charge on any atom is 0.253 e. The van der Waals surface area contributed by atoms with Crippen molar-refractivity contribution in [2.45, 2.75) is 19.9 Å². The van der Waals surface area contributed by atoms with Crippen molar-refractivity contribution in [1.29, 1.82) is 0 Å². The molecule has 0 radical (unpaired) electrons. The summed E-state index contributed by atoms with van der Waals surface area (Å²) in [5.41, 5.74) is 1.39. The SMILES string of the molecule is COCCNC(=O)c1cncc(NC(C)C)c1. The summed E-state index contributed by atoms with van der Waals surface area (Å²) < 4.78 is 4.86. The number of hydrogen-bond acceptors (Lipinski definition) is 4. The Kier molecular flexibility index (Phi) is 5.42. The molecule has 0 fully saturated rings. The molecule has 94 valence electrons. The van der Waals surface area contributed by atoms with Crippen molar-refractivity contribution in [1.82, 2.24) is 10.3 Å². The summed E-state index contributed by atoms with van der Waals surface area (Å²) in [7, 11) is 1.60. The number of nitrogens with zero attached hydrogens (tertiary/aromatic N) is 1. The van der Waals surface area contributed by atoms with E-state index < -0.39 is 0 Å². The van der Waals surface area contributed by atoms with Gasteiger partial charge < -0.3 is 15.4 Å². The zero-order valence-corrected chi connectivity index (χ0v) is 10.5. The molecule has 1 aromatic rings. The minimum atomic E-state index is -0.137. The van der Waals surface area contributed by atoms with Gasteiger partial charge >= 0.3 is 0 Å². The van der Waals surface area contributed by atoms with Gasteiger partial charge in [0.2, 0.25) is 0 Å². The van der Waals surface area contributed by atoms with Crippen LogP contribution in [0.3, 0.4) is 0 Å². The second kappa shape index (κ2) is 6.85. The molecule has 0 aliphatic rings. The van der Waals surface area contributed by atoms with Gasteiger partial charge in [0.15, 0.2) is 0 Å². The van der Waals surface area contributed by atoms with Crippen LogP contribution in [0, 0.1) is 0 Å².